The highest BCUT2D eigenvalue weighted by Crippen LogP contribution is 2.31. The second-order valence-corrected chi connectivity index (χ2v) is 5.28. The Bertz CT molecular complexity index is 590. The maximum absolute atomic E-state index is 10.9. The zero-order valence-corrected chi connectivity index (χ0v) is 11.4. The van der Waals surface area contributed by atoms with E-state index in [1.54, 1.807) is 4.45 Å². The largest absolute Gasteiger partial charge is 0.488 e. The third-order valence-electron chi connectivity index (χ3n) is 2.26. The van der Waals surface area contributed by atoms with E-state index in [0.29, 0.717) is 10.9 Å². The van der Waals surface area contributed by atoms with Crippen molar-refractivity contribution < 1.29 is 15.0 Å². The van der Waals surface area contributed by atoms with E-state index in [4.69, 9.17) is 10.0 Å². The predicted molar refractivity (Wildman–Crippen MR) is 73.9 cm³/mol. The van der Waals surface area contributed by atoms with Crippen LogP contribution in [0.5, 0.6) is 0 Å². The van der Waals surface area contributed by atoms with Crippen LogP contribution < -0.4 is 5.46 Å². The van der Waals surface area contributed by atoms with Gasteiger partial charge in [0.2, 0.25) is 0 Å². The first-order valence-corrected chi connectivity index (χ1v) is 8.49. The van der Waals surface area contributed by atoms with Crippen molar-refractivity contribution >= 4 is 57.6 Å². The van der Waals surface area contributed by atoms with Gasteiger partial charge in [-0.1, -0.05) is 0 Å². The van der Waals surface area contributed by atoms with Crippen molar-refractivity contribution in [1.82, 2.24) is 9.55 Å². The molecule has 88 valence electrons. The minimum Gasteiger partial charge on any atom is -0.423 e. The summed E-state index contributed by atoms with van der Waals surface area (Å²) in [7, 11) is -1.74. The van der Waals surface area contributed by atoms with Gasteiger partial charge in [0.05, 0.1) is 28.4 Å². The molecule has 0 saturated carbocycles. The molecule has 1 atom stereocenters. The first-order valence-electron chi connectivity index (χ1n) is 4.43. The number of nitro benzene ring substituents is 1. The molecule has 0 radical (unpaired) electrons. The molecule has 2 N–H and O–H groups in total. The van der Waals surface area contributed by atoms with Gasteiger partial charge in [0, 0.05) is 6.07 Å². The second kappa shape index (κ2) is 4.85. The molecule has 0 fully saturated rings. The van der Waals surface area contributed by atoms with Crippen molar-refractivity contribution in [2.24, 2.45) is 0 Å². The van der Waals surface area contributed by atoms with Crippen LogP contribution in [0.1, 0.15) is 0 Å². The third-order valence-corrected chi connectivity index (χ3v) is 4.15. The summed E-state index contributed by atoms with van der Waals surface area (Å²) < 4.78 is 1.58. The summed E-state index contributed by atoms with van der Waals surface area (Å²) in [5.74, 6) is 0. The number of hydrogen-bond acceptors (Lipinski definition) is 5. The first kappa shape index (κ1) is 12.7. The Morgan fingerprint density at radius 3 is 2.76 bits per heavy atom. The summed E-state index contributed by atoms with van der Waals surface area (Å²) in [5, 5.41) is 33.5. The number of nitrogens with zero attached hydrogens (tertiary/aromatic N) is 3. The summed E-state index contributed by atoms with van der Waals surface area (Å²) in [5.41, 5.74) is 0.433. The van der Waals surface area contributed by atoms with Gasteiger partial charge in [-0.25, -0.2) is 4.45 Å². The predicted octanol–water partition coefficient (Wildman–Crippen LogP) is 0.416. The number of nitro groups is 1. The molecule has 0 saturated heterocycles. The van der Waals surface area contributed by atoms with Gasteiger partial charge in [-0.05, 0) is 33.6 Å². The van der Waals surface area contributed by atoms with Crippen LogP contribution in [0, 0.1) is 10.1 Å². The topological polar surface area (TPSA) is 101 Å². The highest BCUT2D eigenvalue weighted by atomic mass is 127. The number of non-ortho nitro benzene ring substituents is 1. The van der Waals surface area contributed by atoms with Gasteiger partial charge in [0.25, 0.3) is 5.69 Å². The smallest absolute Gasteiger partial charge is 0.423 e. The van der Waals surface area contributed by atoms with Crippen LogP contribution in [-0.4, -0.2) is 31.6 Å². The maximum Gasteiger partial charge on any atom is 0.488 e. The fourth-order valence-electron chi connectivity index (χ4n) is 1.50. The number of aromatic nitrogens is 2. The zero-order valence-electron chi connectivity index (χ0n) is 8.24. The Morgan fingerprint density at radius 1 is 1.53 bits per heavy atom. The Labute approximate surface area is 110 Å². The average molecular weight is 365 g/mol. The fraction of sp³-hybridized carbons (Fsp3) is 0. The summed E-state index contributed by atoms with van der Waals surface area (Å²) in [6.07, 6.45) is 1.69. The standard InChI is InChI=1S/C7H6BIN3O4P/c9-17-11-6-1-4(8(13)14)2-7(12(15)16)5(6)3-10-11/h1-3,13-14,17H. The molecule has 2 rings (SSSR count). The molecular weight excluding hydrogens is 359 g/mol. The SMILES string of the molecule is O=[N+]([O-])c1cc(B(O)O)cc2c1cnn2PI. The molecule has 7 nitrogen and oxygen atoms in total. The van der Waals surface area contributed by atoms with E-state index >= 15 is 0 Å². The van der Waals surface area contributed by atoms with Crippen LogP contribution in [0.2, 0.25) is 0 Å². The average Bonchev–Trinajstić information content (AvgIpc) is 2.69. The Hall–Kier alpha value is -0.765. The molecule has 2 aromatic rings. The van der Waals surface area contributed by atoms with E-state index < -0.39 is 12.0 Å². The summed E-state index contributed by atoms with van der Waals surface area (Å²) in [4.78, 5) is 10.3. The lowest BCUT2D eigenvalue weighted by Gasteiger charge is -2.02. The third kappa shape index (κ3) is 2.28. The van der Waals surface area contributed by atoms with Gasteiger partial charge in [0.1, 0.15) is 0 Å². The van der Waals surface area contributed by atoms with Crippen LogP contribution in [0.4, 0.5) is 5.69 Å². The minimum absolute atomic E-state index is 0.0839. The van der Waals surface area contributed by atoms with E-state index in [9.17, 15) is 10.1 Å². The Kier molecular flexibility index (Phi) is 3.62. The van der Waals surface area contributed by atoms with E-state index in [2.05, 4.69) is 27.1 Å². The quantitative estimate of drug-likeness (QED) is 0.270. The van der Waals surface area contributed by atoms with Crippen molar-refractivity contribution in [3.05, 3.63) is 28.4 Å². The van der Waals surface area contributed by atoms with E-state index in [0.717, 1.165) is 6.07 Å². The molecule has 17 heavy (non-hydrogen) atoms. The van der Waals surface area contributed by atoms with Crippen LogP contribution in [0.15, 0.2) is 18.3 Å². The molecular formula is C7H6BIN3O4P. The summed E-state index contributed by atoms with van der Waals surface area (Å²) in [6, 6.07) is 2.64. The fourth-order valence-corrected chi connectivity index (χ4v) is 3.03. The van der Waals surface area contributed by atoms with Gasteiger partial charge in [-0.2, -0.15) is 5.10 Å². The molecule has 0 aliphatic heterocycles. The van der Waals surface area contributed by atoms with Gasteiger partial charge in [-0.3, -0.25) is 10.1 Å². The first-order chi connectivity index (χ1) is 8.04. The van der Waals surface area contributed by atoms with Crippen LogP contribution in [0.3, 0.4) is 0 Å². The molecule has 1 aromatic heterocycles. The second-order valence-electron chi connectivity index (χ2n) is 3.24. The lowest BCUT2D eigenvalue weighted by molar-refractivity contribution is -0.383. The van der Waals surface area contributed by atoms with Crippen LogP contribution >= 0.6 is 28.4 Å². The summed E-state index contributed by atoms with van der Waals surface area (Å²) in [6.45, 7) is 0. The van der Waals surface area contributed by atoms with E-state index in [-0.39, 0.29) is 17.5 Å². The zero-order chi connectivity index (χ0) is 12.6. The molecule has 10 heteroatoms. The Morgan fingerprint density at radius 2 is 2.24 bits per heavy atom. The van der Waals surface area contributed by atoms with Crippen molar-refractivity contribution in [2.75, 3.05) is 0 Å². The van der Waals surface area contributed by atoms with Crippen molar-refractivity contribution in [2.45, 2.75) is 0 Å². The number of rotatable bonds is 3. The lowest BCUT2D eigenvalue weighted by atomic mass is 9.79. The summed E-state index contributed by atoms with van der Waals surface area (Å²) >= 11 is 2.09. The monoisotopic (exact) mass is 365 g/mol. The highest BCUT2D eigenvalue weighted by Gasteiger charge is 2.21. The van der Waals surface area contributed by atoms with Crippen molar-refractivity contribution in [1.29, 1.82) is 0 Å². The highest BCUT2D eigenvalue weighted by molar-refractivity contribution is 14.2. The maximum atomic E-state index is 10.9. The van der Waals surface area contributed by atoms with E-state index in [1.165, 1.54) is 12.3 Å². The van der Waals surface area contributed by atoms with Gasteiger partial charge in [-0.15, -0.1) is 0 Å². The number of fused-ring (bicyclic) bond motifs is 1. The molecule has 0 aliphatic carbocycles. The molecule has 1 unspecified atom stereocenters. The molecule has 1 heterocycles. The minimum atomic E-state index is -1.74. The number of benzene rings is 1. The van der Waals surface area contributed by atoms with Crippen molar-refractivity contribution in [3.8, 4) is 0 Å². The number of hydrogen-bond donors (Lipinski definition) is 2. The van der Waals surface area contributed by atoms with Gasteiger partial charge in [0.15, 0.2) is 0 Å². The lowest BCUT2D eigenvalue weighted by Crippen LogP contribution is -2.30. The Balaban J connectivity index is 2.78. The van der Waals surface area contributed by atoms with Gasteiger partial charge >= 0.3 is 7.12 Å². The van der Waals surface area contributed by atoms with E-state index in [1.807, 2.05) is 0 Å². The molecule has 0 spiro atoms. The molecule has 0 amide bonds. The molecule has 0 aliphatic rings. The van der Waals surface area contributed by atoms with Crippen molar-refractivity contribution in [3.63, 3.8) is 0 Å². The van der Waals surface area contributed by atoms with Crippen LogP contribution in [0.25, 0.3) is 10.9 Å². The van der Waals surface area contributed by atoms with Gasteiger partial charge < -0.3 is 10.0 Å². The normalized spacial score (nSPS) is 11.5. The molecule has 0 bridgehead atoms. The number of halogens is 1. The molecule has 1 aromatic carbocycles. The van der Waals surface area contributed by atoms with Crippen LogP contribution in [-0.2, 0) is 0 Å².